The van der Waals surface area contributed by atoms with E-state index in [0.717, 1.165) is 5.69 Å². The molecule has 0 bridgehead atoms. The van der Waals surface area contributed by atoms with Crippen LogP contribution in [0.15, 0.2) is 48.5 Å². The van der Waals surface area contributed by atoms with Gasteiger partial charge in [0.15, 0.2) is 18.1 Å². The summed E-state index contributed by atoms with van der Waals surface area (Å²) in [5.41, 5.74) is 1.60. The monoisotopic (exact) mass is 371 g/mol. The van der Waals surface area contributed by atoms with Gasteiger partial charge in [0, 0.05) is 38.4 Å². The van der Waals surface area contributed by atoms with Crippen LogP contribution in [0.1, 0.15) is 10.4 Å². The minimum atomic E-state index is -0.273. The first-order valence-electron chi connectivity index (χ1n) is 8.59. The molecule has 0 aromatic heterocycles. The molecule has 27 heavy (non-hydrogen) atoms. The highest BCUT2D eigenvalue weighted by molar-refractivity contribution is 5.94. The van der Waals surface area contributed by atoms with E-state index in [2.05, 4.69) is 10.6 Å². The summed E-state index contributed by atoms with van der Waals surface area (Å²) in [6.07, 6.45) is 0. The summed E-state index contributed by atoms with van der Waals surface area (Å²) in [6.45, 7) is 0.518. The van der Waals surface area contributed by atoms with Gasteiger partial charge in [-0.15, -0.1) is 0 Å². The topological polar surface area (TPSA) is 79.9 Å². The molecule has 0 heterocycles. The van der Waals surface area contributed by atoms with E-state index in [0.29, 0.717) is 30.2 Å². The average molecular weight is 371 g/mol. The molecule has 0 unspecified atom stereocenters. The SMILES string of the molecule is COc1ccccc1OCC(=O)NCCNC(=O)c1ccc(N(C)C)cc1. The smallest absolute Gasteiger partial charge is 0.258 e. The molecule has 7 heteroatoms. The van der Waals surface area contributed by atoms with Gasteiger partial charge in [-0.25, -0.2) is 0 Å². The Morgan fingerprint density at radius 1 is 0.926 bits per heavy atom. The fourth-order valence-electron chi connectivity index (χ4n) is 2.32. The van der Waals surface area contributed by atoms with Crippen LogP contribution in [0, 0.1) is 0 Å². The van der Waals surface area contributed by atoms with E-state index in [1.54, 1.807) is 37.4 Å². The Hall–Kier alpha value is -3.22. The molecule has 0 aliphatic heterocycles. The van der Waals surface area contributed by atoms with Gasteiger partial charge >= 0.3 is 0 Å². The average Bonchev–Trinajstić information content (AvgIpc) is 2.69. The number of hydrogen-bond donors (Lipinski definition) is 2. The third-order valence-corrected chi connectivity index (χ3v) is 3.81. The normalized spacial score (nSPS) is 10.0. The van der Waals surface area contributed by atoms with Crippen molar-refractivity contribution >= 4 is 17.5 Å². The maximum atomic E-state index is 12.1. The minimum Gasteiger partial charge on any atom is -0.493 e. The zero-order chi connectivity index (χ0) is 19.6. The van der Waals surface area contributed by atoms with Crippen molar-refractivity contribution in [1.29, 1.82) is 0 Å². The van der Waals surface area contributed by atoms with Crippen LogP contribution in [-0.4, -0.2) is 52.7 Å². The summed E-state index contributed by atoms with van der Waals surface area (Å²) >= 11 is 0. The summed E-state index contributed by atoms with van der Waals surface area (Å²) in [4.78, 5) is 25.9. The Morgan fingerprint density at radius 3 is 2.19 bits per heavy atom. The van der Waals surface area contributed by atoms with E-state index in [1.807, 2.05) is 37.2 Å². The number of nitrogens with zero attached hydrogens (tertiary/aromatic N) is 1. The standard InChI is InChI=1S/C20H25N3O4/c1-23(2)16-10-8-15(9-11-16)20(25)22-13-12-21-19(24)14-27-18-7-5-4-6-17(18)26-3/h4-11H,12-14H2,1-3H3,(H,21,24)(H,22,25). The number of benzene rings is 2. The summed E-state index contributed by atoms with van der Waals surface area (Å²) < 4.78 is 10.6. The molecule has 0 fully saturated rings. The number of carbonyl (C=O) groups is 2. The van der Waals surface area contributed by atoms with Crippen molar-refractivity contribution in [2.24, 2.45) is 0 Å². The van der Waals surface area contributed by atoms with Gasteiger partial charge in [-0.2, -0.15) is 0 Å². The number of methoxy groups -OCH3 is 1. The summed E-state index contributed by atoms with van der Waals surface area (Å²) in [7, 11) is 5.42. The van der Waals surface area contributed by atoms with E-state index >= 15 is 0 Å². The van der Waals surface area contributed by atoms with Gasteiger partial charge in [-0.3, -0.25) is 9.59 Å². The van der Waals surface area contributed by atoms with Crippen molar-refractivity contribution < 1.29 is 19.1 Å². The van der Waals surface area contributed by atoms with Gasteiger partial charge in [-0.05, 0) is 36.4 Å². The van der Waals surface area contributed by atoms with Gasteiger partial charge in [-0.1, -0.05) is 12.1 Å². The van der Waals surface area contributed by atoms with Crippen LogP contribution in [0.4, 0.5) is 5.69 Å². The van der Waals surface area contributed by atoms with E-state index in [9.17, 15) is 9.59 Å². The second-order valence-corrected chi connectivity index (χ2v) is 5.99. The van der Waals surface area contributed by atoms with Crippen molar-refractivity contribution in [3.63, 3.8) is 0 Å². The lowest BCUT2D eigenvalue weighted by atomic mass is 10.2. The lowest BCUT2D eigenvalue weighted by molar-refractivity contribution is -0.123. The number of nitrogens with one attached hydrogen (secondary N) is 2. The molecular formula is C20H25N3O4. The third-order valence-electron chi connectivity index (χ3n) is 3.81. The summed E-state index contributed by atoms with van der Waals surface area (Å²) in [6, 6.07) is 14.4. The molecule has 2 N–H and O–H groups in total. The Bertz CT molecular complexity index is 760. The molecule has 144 valence electrons. The molecule has 0 atom stereocenters. The predicted molar refractivity (Wildman–Crippen MR) is 105 cm³/mol. The third kappa shape index (κ3) is 6.22. The second-order valence-electron chi connectivity index (χ2n) is 5.99. The zero-order valence-electron chi connectivity index (χ0n) is 15.8. The van der Waals surface area contributed by atoms with Crippen LogP contribution >= 0.6 is 0 Å². The molecule has 2 rings (SSSR count). The fourth-order valence-corrected chi connectivity index (χ4v) is 2.32. The molecule has 0 aliphatic carbocycles. The van der Waals surface area contributed by atoms with Gasteiger partial charge in [0.1, 0.15) is 0 Å². The summed E-state index contributed by atoms with van der Waals surface area (Å²) in [5, 5.41) is 5.46. The predicted octanol–water partition coefficient (Wildman–Crippen LogP) is 1.69. The molecule has 2 aromatic rings. The number of hydrogen-bond acceptors (Lipinski definition) is 5. The molecule has 7 nitrogen and oxygen atoms in total. The second kappa shape index (κ2) is 10.1. The Kier molecular flexibility index (Phi) is 7.49. The van der Waals surface area contributed by atoms with Crippen LogP contribution in [0.3, 0.4) is 0 Å². The van der Waals surface area contributed by atoms with Crippen molar-refractivity contribution in [2.75, 3.05) is 45.8 Å². The number of carbonyl (C=O) groups excluding carboxylic acids is 2. The highest BCUT2D eigenvalue weighted by Gasteiger charge is 2.08. The maximum Gasteiger partial charge on any atom is 0.258 e. The molecule has 0 saturated carbocycles. The largest absolute Gasteiger partial charge is 0.493 e. The number of rotatable bonds is 9. The molecule has 2 amide bonds. The van der Waals surface area contributed by atoms with Crippen LogP contribution in [0.5, 0.6) is 11.5 Å². The molecule has 2 aromatic carbocycles. The lowest BCUT2D eigenvalue weighted by Gasteiger charge is -2.13. The van der Waals surface area contributed by atoms with Gasteiger partial charge in [0.05, 0.1) is 7.11 Å². The number of amides is 2. The van der Waals surface area contributed by atoms with E-state index in [-0.39, 0.29) is 18.4 Å². The van der Waals surface area contributed by atoms with Crippen LogP contribution in [-0.2, 0) is 4.79 Å². The van der Waals surface area contributed by atoms with Crippen LogP contribution in [0.2, 0.25) is 0 Å². The lowest BCUT2D eigenvalue weighted by Crippen LogP contribution is -2.36. The molecule has 0 saturated heterocycles. The van der Waals surface area contributed by atoms with Crippen molar-refractivity contribution in [3.05, 3.63) is 54.1 Å². The first kappa shape index (κ1) is 20.1. The van der Waals surface area contributed by atoms with Crippen molar-refractivity contribution in [2.45, 2.75) is 0 Å². The van der Waals surface area contributed by atoms with Gasteiger partial charge < -0.3 is 25.0 Å². The Morgan fingerprint density at radius 2 is 1.56 bits per heavy atom. The first-order chi connectivity index (χ1) is 13.0. The van der Waals surface area contributed by atoms with Gasteiger partial charge in [0.25, 0.3) is 11.8 Å². The Labute approximate surface area is 159 Å². The van der Waals surface area contributed by atoms with Crippen LogP contribution in [0.25, 0.3) is 0 Å². The number of ether oxygens (including phenoxy) is 2. The summed E-state index contributed by atoms with van der Waals surface area (Å²) in [5.74, 6) is 0.618. The molecule has 0 radical (unpaired) electrons. The minimum absolute atomic E-state index is 0.125. The Balaban J connectivity index is 1.68. The fraction of sp³-hybridized carbons (Fsp3) is 0.300. The van der Waals surface area contributed by atoms with Gasteiger partial charge in [0.2, 0.25) is 0 Å². The molecule has 0 aliphatic rings. The molecule has 0 spiro atoms. The van der Waals surface area contributed by atoms with E-state index in [4.69, 9.17) is 9.47 Å². The number of para-hydroxylation sites is 2. The highest BCUT2D eigenvalue weighted by Crippen LogP contribution is 2.25. The van der Waals surface area contributed by atoms with Crippen molar-refractivity contribution in [1.82, 2.24) is 10.6 Å². The van der Waals surface area contributed by atoms with E-state index in [1.165, 1.54) is 0 Å². The zero-order valence-corrected chi connectivity index (χ0v) is 15.8. The van der Waals surface area contributed by atoms with Crippen molar-refractivity contribution in [3.8, 4) is 11.5 Å². The van der Waals surface area contributed by atoms with E-state index < -0.39 is 0 Å². The maximum absolute atomic E-state index is 12.1. The number of anilines is 1. The molecular weight excluding hydrogens is 346 g/mol. The first-order valence-corrected chi connectivity index (χ1v) is 8.59. The quantitative estimate of drug-likeness (QED) is 0.656. The van der Waals surface area contributed by atoms with Crippen LogP contribution < -0.4 is 25.0 Å². The highest BCUT2D eigenvalue weighted by atomic mass is 16.5.